The first-order valence-corrected chi connectivity index (χ1v) is 13.4. The van der Waals surface area contributed by atoms with Crippen LogP contribution in [-0.2, 0) is 26.2 Å². The zero-order chi connectivity index (χ0) is 27.9. The topological polar surface area (TPSA) is 105 Å². The molecule has 3 rings (SSSR count). The normalized spacial score (nSPS) is 11.8. The lowest BCUT2D eigenvalue weighted by atomic mass is 10.1. The Balaban J connectivity index is 2.06. The van der Waals surface area contributed by atoms with E-state index >= 15 is 0 Å². The van der Waals surface area contributed by atoms with Crippen LogP contribution in [0.2, 0.25) is 0 Å². The zero-order valence-electron chi connectivity index (χ0n) is 22.2. The molecule has 3 aromatic rings. The van der Waals surface area contributed by atoms with Crippen LogP contribution in [0.25, 0.3) is 0 Å². The molecule has 0 spiro atoms. The molecule has 1 unspecified atom stereocenters. The van der Waals surface area contributed by atoms with E-state index in [9.17, 15) is 18.0 Å². The van der Waals surface area contributed by atoms with Crippen molar-refractivity contribution in [1.82, 2.24) is 10.2 Å². The summed E-state index contributed by atoms with van der Waals surface area (Å²) in [5, 5.41) is 2.57. The molecule has 0 aliphatic heterocycles. The minimum Gasteiger partial charge on any atom is -0.493 e. The van der Waals surface area contributed by atoms with Crippen molar-refractivity contribution >= 4 is 27.5 Å². The Kier molecular flexibility index (Phi) is 9.35. The summed E-state index contributed by atoms with van der Waals surface area (Å²) in [4.78, 5) is 27.6. The first kappa shape index (κ1) is 28.5. The first-order valence-electron chi connectivity index (χ1n) is 12.0. The Morgan fingerprint density at radius 2 is 1.55 bits per heavy atom. The maximum Gasteiger partial charge on any atom is 0.264 e. The highest BCUT2D eigenvalue weighted by Crippen LogP contribution is 2.32. The van der Waals surface area contributed by atoms with Crippen LogP contribution in [0.5, 0.6) is 11.5 Å². The number of aryl methyl sites for hydroxylation is 1. The number of ether oxygens (including phenoxy) is 2. The lowest BCUT2D eigenvalue weighted by molar-refractivity contribution is -0.139. The molecule has 0 bridgehead atoms. The summed E-state index contributed by atoms with van der Waals surface area (Å²) in [6.45, 7) is 3.10. The van der Waals surface area contributed by atoms with Crippen LogP contribution in [0.3, 0.4) is 0 Å². The van der Waals surface area contributed by atoms with Crippen molar-refractivity contribution in [3.05, 3.63) is 83.9 Å². The number of sulfonamides is 1. The molecule has 0 heterocycles. The van der Waals surface area contributed by atoms with Gasteiger partial charge in [-0.05, 0) is 43.7 Å². The number of amides is 2. The fourth-order valence-corrected chi connectivity index (χ4v) is 5.35. The largest absolute Gasteiger partial charge is 0.493 e. The molecule has 3 aromatic carbocycles. The number of likely N-dealkylation sites (N-methyl/N-ethyl adjacent to an activating group) is 1. The molecule has 1 N–H and O–H groups in total. The van der Waals surface area contributed by atoms with Crippen molar-refractivity contribution in [2.75, 3.05) is 32.1 Å². The quantitative estimate of drug-likeness (QED) is 0.401. The van der Waals surface area contributed by atoms with Crippen molar-refractivity contribution in [3.63, 3.8) is 0 Å². The molecule has 0 saturated carbocycles. The second-order valence-electron chi connectivity index (χ2n) is 8.66. The van der Waals surface area contributed by atoms with Crippen LogP contribution in [0.4, 0.5) is 5.69 Å². The van der Waals surface area contributed by atoms with E-state index in [0.717, 1.165) is 15.4 Å². The van der Waals surface area contributed by atoms with Gasteiger partial charge in [0, 0.05) is 19.7 Å². The molecule has 1 atom stereocenters. The highest BCUT2D eigenvalue weighted by atomic mass is 32.2. The molecule has 0 fully saturated rings. The third-order valence-electron chi connectivity index (χ3n) is 6.15. The van der Waals surface area contributed by atoms with Gasteiger partial charge < -0.3 is 19.7 Å². The number of hydrogen-bond acceptors (Lipinski definition) is 6. The van der Waals surface area contributed by atoms with Gasteiger partial charge in [0.1, 0.15) is 12.6 Å². The van der Waals surface area contributed by atoms with Gasteiger partial charge >= 0.3 is 0 Å². The average Bonchev–Trinajstić information content (AvgIpc) is 2.94. The van der Waals surface area contributed by atoms with Gasteiger partial charge in [-0.25, -0.2) is 8.42 Å². The second-order valence-corrected chi connectivity index (χ2v) is 10.5. The van der Waals surface area contributed by atoms with Gasteiger partial charge in [-0.1, -0.05) is 48.0 Å². The van der Waals surface area contributed by atoms with E-state index in [-0.39, 0.29) is 23.1 Å². The van der Waals surface area contributed by atoms with Crippen molar-refractivity contribution in [1.29, 1.82) is 0 Å². The summed E-state index contributed by atoms with van der Waals surface area (Å²) in [5.41, 5.74) is 2.05. The predicted octanol–water partition coefficient (Wildman–Crippen LogP) is 3.37. The third kappa shape index (κ3) is 6.44. The minimum atomic E-state index is -4.23. The molecule has 10 heteroatoms. The number of hydrogen-bond donors (Lipinski definition) is 1. The monoisotopic (exact) mass is 539 g/mol. The predicted molar refractivity (Wildman–Crippen MR) is 146 cm³/mol. The van der Waals surface area contributed by atoms with Gasteiger partial charge in [-0.2, -0.15) is 0 Å². The molecule has 38 heavy (non-hydrogen) atoms. The van der Waals surface area contributed by atoms with Crippen molar-refractivity contribution in [2.24, 2.45) is 0 Å². The lowest BCUT2D eigenvalue weighted by Gasteiger charge is -2.31. The fraction of sp³-hybridized carbons (Fsp3) is 0.286. The maximum atomic E-state index is 13.9. The molecule has 0 aliphatic rings. The fourth-order valence-electron chi connectivity index (χ4n) is 3.92. The molecule has 0 radical (unpaired) electrons. The van der Waals surface area contributed by atoms with Gasteiger partial charge in [0.15, 0.2) is 11.5 Å². The summed E-state index contributed by atoms with van der Waals surface area (Å²) in [6.07, 6.45) is 0. The van der Waals surface area contributed by atoms with E-state index in [1.54, 1.807) is 31.2 Å². The van der Waals surface area contributed by atoms with Gasteiger partial charge in [-0.15, -0.1) is 0 Å². The molecule has 2 amide bonds. The van der Waals surface area contributed by atoms with E-state index in [1.807, 2.05) is 37.3 Å². The van der Waals surface area contributed by atoms with E-state index < -0.39 is 28.5 Å². The molecule has 9 nitrogen and oxygen atoms in total. The summed E-state index contributed by atoms with van der Waals surface area (Å²) in [6, 6.07) is 19.5. The first-order chi connectivity index (χ1) is 18.1. The van der Waals surface area contributed by atoms with Crippen LogP contribution >= 0.6 is 0 Å². The van der Waals surface area contributed by atoms with Crippen molar-refractivity contribution < 1.29 is 27.5 Å². The standard InChI is InChI=1S/C28H33N3O6S/c1-20-11-13-23(14-12-20)31(38(34,35)24-15-16-25(36-4)26(17-24)37-5)19-27(32)30(21(2)28(33)29-3)18-22-9-7-6-8-10-22/h6-17,21H,18-19H2,1-5H3,(H,29,33). The molecular formula is C28H33N3O6S. The Morgan fingerprint density at radius 1 is 0.921 bits per heavy atom. The molecule has 0 saturated heterocycles. The molecule has 202 valence electrons. The van der Waals surface area contributed by atoms with E-state index in [1.165, 1.54) is 44.4 Å². The molecular weight excluding hydrogens is 506 g/mol. The SMILES string of the molecule is CNC(=O)C(C)N(Cc1ccccc1)C(=O)CN(c1ccc(C)cc1)S(=O)(=O)c1ccc(OC)c(OC)c1. The van der Waals surface area contributed by atoms with Crippen LogP contribution in [0.15, 0.2) is 77.7 Å². The van der Waals surface area contributed by atoms with Gasteiger partial charge in [-0.3, -0.25) is 13.9 Å². The lowest BCUT2D eigenvalue weighted by Crippen LogP contribution is -2.50. The van der Waals surface area contributed by atoms with Crippen molar-refractivity contribution in [2.45, 2.75) is 31.3 Å². The van der Waals surface area contributed by atoms with Crippen LogP contribution in [-0.4, -0.2) is 59.0 Å². The smallest absolute Gasteiger partial charge is 0.264 e. The van der Waals surface area contributed by atoms with Crippen molar-refractivity contribution in [3.8, 4) is 11.5 Å². The minimum absolute atomic E-state index is 0.0718. The number of methoxy groups -OCH3 is 2. The van der Waals surface area contributed by atoms with Crippen LogP contribution in [0, 0.1) is 6.92 Å². The summed E-state index contributed by atoms with van der Waals surface area (Å²) < 4.78 is 39.5. The number of carbonyl (C=O) groups excluding carboxylic acids is 2. The van der Waals surface area contributed by atoms with E-state index in [0.29, 0.717) is 11.4 Å². The van der Waals surface area contributed by atoms with E-state index in [4.69, 9.17) is 9.47 Å². The summed E-state index contributed by atoms with van der Waals surface area (Å²) in [7, 11) is 0.133. The van der Waals surface area contributed by atoms with E-state index in [2.05, 4.69) is 5.32 Å². The Hall–Kier alpha value is -4.05. The van der Waals surface area contributed by atoms with Crippen LogP contribution in [0.1, 0.15) is 18.1 Å². The maximum absolute atomic E-state index is 13.9. The number of carbonyl (C=O) groups is 2. The number of anilines is 1. The van der Waals surface area contributed by atoms with Gasteiger partial charge in [0.05, 0.1) is 24.8 Å². The average molecular weight is 540 g/mol. The summed E-state index contributed by atoms with van der Waals surface area (Å²) in [5.74, 6) is -0.283. The number of nitrogens with zero attached hydrogens (tertiary/aromatic N) is 2. The highest BCUT2D eigenvalue weighted by Gasteiger charge is 2.32. The summed E-state index contributed by atoms with van der Waals surface area (Å²) >= 11 is 0. The highest BCUT2D eigenvalue weighted by molar-refractivity contribution is 7.92. The number of benzene rings is 3. The Morgan fingerprint density at radius 3 is 2.13 bits per heavy atom. The van der Waals surface area contributed by atoms with Gasteiger partial charge in [0.25, 0.3) is 10.0 Å². The molecule has 0 aliphatic carbocycles. The third-order valence-corrected chi connectivity index (χ3v) is 7.92. The molecule has 0 aromatic heterocycles. The number of rotatable bonds is 11. The number of nitrogens with one attached hydrogen (secondary N) is 1. The van der Waals surface area contributed by atoms with Crippen LogP contribution < -0.4 is 19.1 Å². The van der Waals surface area contributed by atoms with Gasteiger partial charge in [0.2, 0.25) is 11.8 Å². The second kappa shape index (κ2) is 12.5. The Bertz CT molecular complexity index is 1360. The zero-order valence-corrected chi connectivity index (χ0v) is 23.0. The Labute approximate surface area is 224 Å².